The molecule has 2 heterocycles. The maximum atomic E-state index is 12.7. The van der Waals surface area contributed by atoms with Gasteiger partial charge in [-0.2, -0.15) is 13.2 Å². The second-order valence-corrected chi connectivity index (χ2v) is 6.09. The summed E-state index contributed by atoms with van der Waals surface area (Å²) in [6.07, 6.45) is -1.16. The summed E-state index contributed by atoms with van der Waals surface area (Å²) in [5.74, 6) is 0.197. The molecule has 1 N–H and O–H groups in total. The summed E-state index contributed by atoms with van der Waals surface area (Å²) in [6.45, 7) is 5.45. The third-order valence-electron chi connectivity index (χ3n) is 3.55. The van der Waals surface area contributed by atoms with Crippen LogP contribution in [0.5, 0.6) is 0 Å². The van der Waals surface area contributed by atoms with Crippen LogP contribution in [-0.4, -0.2) is 24.2 Å². The van der Waals surface area contributed by atoms with Crippen molar-refractivity contribution in [3.05, 3.63) is 16.1 Å². The van der Waals surface area contributed by atoms with E-state index in [2.05, 4.69) is 10.3 Å². The van der Waals surface area contributed by atoms with Crippen LogP contribution in [0.15, 0.2) is 6.20 Å². The zero-order valence-corrected chi connectivity index (χ0v) is 12.4. The highest BCUT2D eigenvalue weighted by atomic mass is 32.1. The fourth-order valence-electron chi connectivity index (χ4n) is 2.51. The fraction of sp³-hybridized carbons (Fsp3) is 0.769. The van der Waals surface area contributed by atoms with Crippen LogP contribution in [-0.2, 0) is 10.9 Å². The number of aromatic nitrogens is 1. The minimum atomic E-state index is -4.37. The lowest BCUT2D eigenvalue weighted by Gasteiger charge is -2.25. The van der Waals surface area contributed by atoms with Crippen molar-refractivity contribution >= 4 is 11.3 Å². The topological polar surface area (TPSA) is 34.2 Å². The predicted molar refractivity (Wildman–Crippen MR) is 71.7 cm³/mol. The van der Waals surface area contributed by atoms with Crippen molar-refractivity contribution in [2.45, 2.75) is 45.0 Å². The number of hydrogen-bond donors (Lipinski definition) is 1. The summed E-state index contributed by atoms with van der Waals surface area (Å²) in [7, 11) is 0. The Hall–Kier alpha value is -0.660. The highest BCUT2D eigenvalue weighted by Gasteiger charge is 2.38. The number of hydrogen-bond acceptors (Lipinski definition) is 4. The normalized spacial score (nSPS) is 25.1. The Morgan fingerprint density at radius 3 is 2.80 bits per heavy atom. The molecule has 0 bridgehead atoms. The molecule has 0 aliphatic carbocycles. The van der Waals surface area contributed by atoms with Gasteiger partial charge < -0.3 is 10.1 Å². The van der Waals surface area contributed by atoms with E-state index in [4.69, 9.17) is 4.74 Å². The lowest BCUT2D eigenvalue weighted by Crippen LogP contribution is -2.31. The number of nitrogens with one attached hydrogen (secondary N) is 1. The monoisotopic (exact) mass is 308 g/mol. The van der Waals surface area contributed by atoms with E-state index in [1.54, 1.807) is 0 Å². The first-order valence-electron chi connectivity index (χ1n) is 6.81. The lowest BCUT2D eigenvalue weighted by atomic mass is 9.92. The van der Waals surface area contributed by atoms with E-state index >= 15 is 0 Å². The zero-order chi connectivity index (χ0) is 14.8. The van der Waals surface area contributed by atoms with Gasteiger partial charge in [0.15, 0.2) is 5.01 Å². The molecule has 1 saturated heterocycles. The van der Waals surface area contributed by atoms with Crippen LogP contribution in [0.25, 0.3) is 0 Å². The third kappa shape index (κ3) is 3.51. The number of halogens is 3. The Kier molecular flexibility index (Phi) is 5.04. The predicted octanol–water partition coefficient (Wildman–Crippen LogP) is 3.63. The molecule has 1 aliphatic heterocycles. The molecule has 2 rings (SSSR count). The molecule has 3 unspecified atom stereocenters. The van der Waals surface area contributed by atoms with Crippen LogP contribution < -0.4 is 5.32 Å². The first-order chi connectivity index (χ1) is 9.43. The van der Waals surface area contributed by atoms with Gasteiger partial charge in [-0.25, -0.2) is 4.98 Å². The molecule has 3 atom stereocenters. The maximum absolute atomic E-state index is 12.7. The Balaban J connectivity index is 2.19. The standard InChI is InChI=1S/C13H19F3N2OS/c1-3-5-17-11(9-4-6-19-8(9)2)10-7-18-12(20-10)13(14,15)16/h7-9,11,17H,3-6H2,1-2H3. The Morgan fingerprint density at radius 1 is 1.55 bits per heavy atom. The van der Waals surface area contributed by atoms with Gasteiger partial charge in [-0.15, -0.1) is 11.3 Å². The smallest absolute Gasteiger partial charge is 0.378 e. The zero-order valence-electron chi connectivity index (χ0n) is 11.5. The summed E-state index contributed by atoms with van der Waals surface area (Å²) >= 11 is 0.733. The van der Waals surface area contributed by atoms with Gasteiger partial charge in [0.25, 0.3) is 0 Å². The van der Waals surface area contributed by atoms with Crippen molar-refractivity contribution in [1.82, 2.24) is 10.3 Å². The summed E-state index contributed by atoms with van der Waals surface area (Å²) in [6, 6.07) is -0.110. The van der Waals surface area contributed by atoms with E-state index in [0.717, 1.165) is 30.7 Å². The first kappa shape index (κ1) is 15.7. The van der Waals surface area contributed by atoms with Crippen LogP contribution in [0.2, 0.25) is 0 Å². The van der Waals surface area contributed by atoms with Crippen molar-refractivity contribution in [3.63, 3.8) is 0 Å². The molecule has 0 saturated carbocycles. The molecule has 20 heavy (non-hydrogen) atoms. The number of nitrogens with zero attached hydrogens (tertiary/aromatic N) is 1. The van der Waals surface area contributed by atoms with Gasteiger partial charge in [-0.3, -0.25) is 0 Å². The van der Waals surface area contributed by atoms with Crippen molar-refractivity contribution in [1.29, 1.82) is 0 Å². The molecule has 7 heteroatoms. The molecular formula is C13H19F3N2OS. The third-order valence-corrected chi connectivity index (χ3v) is 4.68. The summed E-state index contributed by atoms with van der Waals surface area (Å²) < 4.78 is 43.6. The minimum absolute atomic E-state index is 0.0563. The Morgan fingerprint density at radius 2 is 2.30 bits per heavy atom. The van der Waals surface area contributed by atoms with Gasteiger partial charge in [0.2, 0.25) is 0 Å². The number of alkyl halides is 3. The van der Waals surface area contributed by atoms with Gasteiger partial charge in [0.1, 0.15) is 0 Å². The van der Waals surface area contributed by atoms with Crippen molar-refractivity contribution in [3.8, 4) is 0 Å². The molecular weight excluding hydrogens is 289 g/mol. The minimum Gasteiger partial charge on any atom is -0.378 e. The van der Waals surface area contributed by atoms with Crippen LogP contribution in [0.4, 0.5) is 13.2 Å². The second kappa shape index (κ2) is 6.41. The SMILES string of the molecule is CCCNC(c1cnc(C(F)(F)F)s1)C1CCOC1C. The highest BCUT2D eigenvalue weighted by molar-refractivity contribution is 7.11. The fourth-order valence-corrected chi connectivity index (χ4v) is 3.45. The molecule has 3 nitrogen and oxygen atoms in total. The molecule has 0 aromatic carbocycles. The highest BCUT2D eigenvalue weighted by Crippen LogP contribution is 2.39. The van der Waals surface area contributed by atoms with Crippen LogP contribution >= 0.6 is 11.3 Å². The molecule has 1 aliphatic rings. The van der Waals surface area contributed by atoms with Crippen molar-refractivity contribution in [2.24, 2.45) is 5.92 Å². The van der Waals surface area contributed by atoms with Crippen LogP contribution in [0.3, 0.4) is 0 Å². The van der Waals surface area contributed by atoms with E-state index in [1.165, 1.54) is 6.20 Å². The molecule has 1 aromatic heterocycles. The van der Waals surface area contributed by atoms with Crippen LogP contribution in [0.1, 0.15) is 42.6 Å². The lowest BCUT2D eigenvalue weighted by molar-refractivity contribution is -0.137. The molecule has 0 amide bonds. The van der Waals surface area contributed by atoms with E-state index in [9.17, 15) is 13.2 Å². The molecule has 114 valence electrons. The van der Waals surface area contributed by atoms with E-state index < -0.39 is 11.2 Å². The van der Waals surface area contributed by atoms with E-state index in [1.807, 2.05) is 13.8 Å². The Labute approximate surface area is 120 Å². The maximum Gasteiger partial charge on any atom is 0.443 e. The van der Waals surface area contributed by atoms with E-state index in [-0.39, 0.29) is 18.1 Å². The summed E-state index contributed by atoms with van der Waals surface area (Å²) in [5, 5.41) is 2.57. The van der Waals surface area contributed by atoms with Gasteiger partial charge in [0.05, 0.1) is 6.10 Å². The van der Waals surface area contributed by atoms with Crippen LogP contribution in [0, 0.1) is 5.92 Å². The average molecular weight is 308 g/mol. The summed E-state index contributed by atoms with van der Waals surface area (Å²) in [4.78, 5) is 4.17. The average Bonchev–Trinajstić information content (AvgIpc) is 2.99. The van der Waals surface area contributed by atoms with Crippen molar-refractivity contribution < 1.29 is 17.9 Å². The molecule has 0 spiro atoms. The van der Waals surface area contributed by atoms with E-state index in [0.29, 0.717) is 11.5 Å². The first-order valence-corrected chi connectivity index (χ1v) is 7.63. The van der Waals surface area contributed by atoms with Gasteiger partial charge in [-0.05, 0) is 26.3 Å². The molecule has 1 aromatic rings. The van der Waals surface area contributed by atoms with Crippen molar-refractivity contribution in [2.75, 3.05) is 13.2 Å². The second-order valence-electron chi connectivity index (χ2n) is 5.03. The summed E-state index contributed by atoms with van der Waals surface area (Å²) in [5.41, 5.74) is 0. The van der Waals surface area contributed by atoms with Gasteiger partial charge in [0, 0.05) is 29.6 Å². The quantitative estimate of drug-likeness (QED) is 0.902. The van der Waals surface area contributed by atoms with Gasteiger partial charge in [-0.1, -0.05) is 6.92 Å². The number of rotatable bonds is 5. The molecule has 0 radical (unpaired) electrons. The Bertz CT molecular complexity index is 435. The molecule has 1 fully saturated rings. The van der Waals surface area contributed by atoms with Gasteiger partial charge >= 0.3 is 6.18 Å². The largest absolute Gasteiger partial charge is 0.443 e. The number of ether oxygens (including phenoxy) is 1. The number of thiazole rings is 1.